The molecule has 3 nitrogen and oxygen atoms in total. The van der Waals surface area contributed by atoms with Gasteiger partial charge < -0.3 is 10.4 Å². The minimum atomic E-state index is -0.732. The third kappa shape index (κ3) is 2.77. The molecular weight excluding hydrogens is 286 g/mol. The molecule has 118 valence electrons. The van der Waals surface area contributed by atoms with Crippen molar-refractivity contribution in [3.8, 4) is 0 Å². The highest BCUT2D eigenvalue weighted by atomic mass is 16.3. The van der Waals surface area contributed by atoms with Crippen LogP contribution in [0.2, 0.25) is 0 Å². The summed E-state index contributed by atoms with van der Waals surface area (Å²) < 4.78 is 0. The van der Waals surface area contributed by atoms with E-state index in [9.17, 15) is 9.90 Å². The first-order valence-electron chi connectivity index (χ1n) is 8.34. The van der Waals surface area contributed by atoms with E-state index in [0.29, 0.717) is 11.8 Å². The van der Waals surface area contributed by atoms with Gasteiger partial charge >= 0.3 is 0 Å². The SMILES string of the molecule is O=C(CC(O)c1ccccc1)NC1C2CCc3ccccc3C21. The van der Waals surface area contributed by atoms with Gasteiger partial charge in [0.15, 0.2) is 0 Å². The van der Waals surface area contributed by atoms with Crippen molar-refractivity contribution in [1.29, 1.82) is 0 Å². The van der Waals surface area contributed by atoms with E-state index in [1.165, 1.54) is 11.1 Å². The summed E-state index contributed by atoms with van der Waals surface area (Å²) in [5.41, 5.74) is 3.62. The van der Waals surface area contributed by atoms with Gasteiger partial charge in [-0.15, -0.1) is 0 Å². The lowest BCUT2D eigenvalue weighted by Crippen LogP contribution is -2.28. The lowest BCUT2D eigenvalue weighted by atomic mass is 9.92. The van der Waals surface area contributed by atoms with Crippen molar-refractivity contribution in [2.45, 2.75) is 37.3 Å². The number of benzene rings is 2. The van der Waals surface area contributed by atoms with Crippen LogP contribution < -0.4 is 5.32 Å². The van der Waals surface area contributed by atoms with Crippen LogP contribution in [0.15, 0.2) is 54.6 Å². The van der Waals surface area contributed by atoms with Crippen LogP contribution in [0.3, 0.4) is 0 Å². The molecule has 3 heteroatoms. The summed E-state index contributed by atoms with van der Waals surface area (Å²) in [4.78, 5) is 12.3. The number of nitrogens with one attached hydrogen (secondary N) is 1. The second-order valence-corrected chi connectivity index (χ2v) is 6.65. The van der Waals surface area contributed by atoms with E-state index in [1.54, 1.807) is 0 Å². The zero-order valence-electron chi connectivity index (χ0n) is 13.0. The number of amides is 1. The van der Waals surface area contributed by atoms with Crippen LogP contribution >= 0.6 is 0 Å². The van der Waals surface area contributed by atoms with Gasteiger partial charge in [-0.3, -0.25) is 4.79 Å². The van der Waals surface area contributed by atoms with Crippen LogP contribution in [0, 0.1) is 5.92 Å². The van der Waals surface area contributed by atoms with E-state index in [4.69, 9.17) is 0 Å². The molecule has 4 unspecified atom stereocenters. The van der Waals surface area contributed by atoms with Gasteiger partial charge in [-0.25, -0.2) is 0 Å². The van der Waals surface area contributed by atoms with Crippen molar-refractivity contribution in [3.63, 3.8) is 0 Å². The van der Waals surface area contributed by atoms with Crippen LogP contribution in [0.1, 0.15) is 41.6 Å². The molecule has 2 aromatic carbocycles. The van der Waals surface area contributed by atoms with Gasteiger partial charge in [0, 0.05) is 12.0 Å². The highest BCUT2D eigenvalue weighted by Gasteiger charge is 2.53. The van der Waals surface area contributed by atoms with E-state index in [2.05, 4.69) is 29.6 Å². The molecule has 0 radical (unpaired) electrons. The van der Waals surface area contributed by atoms with Crippen LogP contribution in [-0.2, 0) is 11.2 Å². The molecule has 0 heterocycles. The van der Waals surface area contributed by atoms with Crippen LogP contribution in [0.5, 0.6) is 0 Å². The Morgan fingerprint density at radius 3 is 2.70 bits per heavy atom. The number of aliphatic hydroxyl groups excluding tert-OH is 1. The third-order valence-electron chi connectivity index (χ3n) is 5.22. The molecule has 0 saturated heterocycles. The monoisotopic (exact) mass is 307 g/mol. The number of hydrogen-bond acceptors (Lipinski definition) is 2. The summed E-state index contributed by atoms with van der Waals surface area (Å²) in [5.74, 6) is 0.985. The van der Waals surface area contributed by atoms with Gasteiger partial charge in [0.1, 0.15) is 0 Å². The van der Waals surface area contributed by atoms with E-state index >= 15 is 0 Å². The molecule has 2 N–H and O–H groups in total. The van der Waals surface area contributed by atoms with Gasteiger partial charge in [-0.05, 0) is 35.4 Å². The minimum Gasteiger partial charge on any atom is -0.388 e. The fourth-order valence-electron chi connectivity index (χ4n) is 3.98. The fraction of sp³-hybridized carbons (Fsp3) is 0.350. The van der Waals surface area contributed by atoms with E-state index < -0.39 is 6.10 Å². The number of carbonyl (C=O) groups excluding carboxylic acids is 1. The van der Waals surface area contributed by atoms with Gasteiger partial charge in [-0.2, -0.15) is 0 Å². The van der Waals surface area contributed by atoms with Gasteiger partial charge in [0.2, 0.25) is 5.91 Å². The zero-order valence-corrected chi connectivity index (χ0v) is 13.0. The Balaban J connectivity index is 1.38. The molecule has 1 saturated carbocycles. The fourth-order valence-corrected chi connectivity index (χ4v) is 3.98. The summed E-state index contributed by atoms with van der Waals surface area (Å²) in [6, 6.07) is 18.2. The Morgan fingerprint density at radius 1 is 1.13 bits per heavy atom. The Labute approximate surface area is 136 Å². The maximum Gasteiger partial charge on any atom is 0.223 e. The predicted octanol–water partition coefficient (Wildman–Crippen LogP) is 2.95. The van der Waals surface area contributed by atoms with Crippen molar-refractivity contribution >= 4 is 5.91 Å². The molecule has 2 aromatic rings. The van der Waals surface area contributed by atoms with E-state index in [-0.39, 0.29) is 18.4 Å². The molecule has 2 aliphatic rings. The average molecular weight is 307 g/mol. The molecule has 1 amide bonds. The first kappa shape index (κ1) is 14.5. The Kier molecular flexibility index (Phi) is 3.66. The highest BCUT2D eigenvalue weighted by molar-refractivity contribution is 5.77. The summed E-state index contributed by atoms with van der Waals surface area (Å²) >= 11 is 0. The molecule has 1 fully saturated rings. The zero-order chi connectivity index (χ0) is 15.8. The average Bonchev–Trinajstić information content (AvgIpc) is 3.29. The van der Waals surface area contributed by atoms with Crippen molar-refractivity contribution < 1.29 is 9.90 Å². The maximum atomic E-state index is 12.3. The largest absolute Gasteiger partial charge is 0.388 e. The number of carbonyl (C=O) groups is 1. The smallest absolute Gasteiger partial charge is 0.223 e. The van der Waals surface area contributed by atoms with E-state index in [0.717, 1.165) is 18.4 Å². The number of rotatable bonds is 4. The molecule has 0 bridgehead atoms. The molecule has 0 aromatic heterocycles. The van der Waals surface area contributed by atoms with Crippen molar-refractivity contribution in [3.05, 3.63) is 71.3 Å². The van der Waals surface area contributed by atoms with Crippen LogP contribution in [-0.4, -0.2) is 17.1 Å². The normalized spacial score (nSPS) is 25.9. The van der Waals surface area contributed by atoms with Gasteiger partial charge in [0.25, 0.3) is 0 Å². The Bertz CT molecular complexity index is 713. The lowest BCUT2D eigenvalue weighted by molar-refractivity contribution is -0.123. The predicted molar refractivity (Wildman–Crippen MR) is 88.9 cm³/mol. The van der Waals surface area contributed by atoms with Crippen LogP contribution in [0.4, 0.5) is 0 Å². The second kappa shape index (κ2) is 5.82. The molecule has 0 spiro atoms. The summed E-state index contributed by atoms with van der Waals surface area (Å²) in [6.45, 7) is 0. The summed E-state index contributed by atoms with van der Waals surface area (Å²) in [5, 5.41) is 13.3. The van der Waals surface area contributed by atoms with Gasteiger partial charge in [-0.1, -0.05) is 54.6 Å². The number of aryl methyl sites for hydroxylation is 1. The van der Waals surface area contributed by atoms with E-state index in [1.807, 2.05) is 30.3 Å². The van der Waals surface area contributed by atoms with Crippen molar-refractivity contribution in [2.75, 3.05) is 0 Å². The highest BCUT2D eigenvalue weighted by Crippen LogP contribution is 2.54. The quantitative estimate of drug-likeness (QED) is 0.912. The molecule has 0 aliphatic heterocycles. The summed E-state index contributed by atoms with van der Waals surface area (Å²) in [6.07, 6.45) is 1.65. The number of fused-ring (bicyclic) bond motifs is 3. The first-order chi connectivity index (χ1) is 11.2. The molecular formula is C20H21NO2. The Morgan fingerprint density at radius 2 is 1.87 bits per heavy atom. The second-order valence-electron chi connectivity index (χ2n) is 6.65. The topological polar surface area (TPSA) is 49.3 Å². The molecule has 2 aliphatic carbocycles. The number of hydrogen-bond donors (Lipinski definition) is 2. The Hall–Kier alpha value is -2.13. The minimum absolute atomic E-state index is 0.0572. The molecule has 23 heavy (non-hydrogen) atoms. The van der Waals surface area contributed by atoms with Crippen LogP contribution in [0.25, 0.3) is 0 Å². The van der Waals surface area contributed by atoms with Gasteiger partial charge in [0.05, 0.1) is 12.5 Å². The standard InChI is InChI=1S/C20H21NO2/c22-17(14-7-2-1-3-8-14)12-18(23)21-20-16-11-10-13-6-4-5-9-15(13)19(16)20/h1-9,16-17,19-20,22H,10-12H2,(H,21,23). The number of aliphatic hydroxyl groups is 1. The maximum absolute atomic E-state index is 12.3. The molecule has 4 rings (SSSR count). The summed E-state index contributed by atoms with van der Waals surface area (Å²) in [7, 11) is 0. The molecule has 4 atom stereocenters. The van der Waals surface area contributed by atoms with Crippen molar-refractivity contribution in [2.24, 2.45) is 5.92 Å². The third-order valence-corrected chi connectivity index (χ3v) is 5.22. The lowest BCUT2D eigenvalue weighted by Gasteiger charge is -2.13. The first-order valence-corrected chi connectivity index (χ1v) is 8.34. The van der Waals surface area contributed by atoms with Crippen molar-refractivity contribution in [1.82, 2.24) is 5.32 Å².